The van der Waals surface area contributed by atoms with Crippen molar-refractivity contribution >= 4 is 39.8 Å². The van der Waals surface area contributed by atoms with Gasteiger partial charge in [0.1, 0.15) is 18.0 Å². The van der Waals surface area contributed by atoms with E-state index >= 15 is 0 Å². The van der Waals surface area contributed by atoms with Crippen LogP contribution in [0.15, 0.2) is 58.6 Å². The molecule has 8 nitrogen and oxygen atoms in total. The minimum absolute atomic E-state index is 0.188. The van der Waals surface area contributed by atoms with E-state index < -0.39 is 41.6 Å². The highest BCUT2D eigenvalue weighted by Crippen LogP contribution is 2.46. The monoisotopic (exact) mass is 640 g/mol. The van der Waals surface area contributed by atoms with Crippen molar-refractivity contribution in [1.82, 2.24) is 9.80 Å². The number of hydrogen-bond donors (Lipinski definition) is 0. The summed E-state index contributed by atoms with van der Waals surface area (Å²) in [5.74, 6) is -1.71. The molecule has 5 rings (SSSR count). The third kappa shape index (κ3) is 6.28. The van der Waals surface area contributed by atoms with Crippen molar-refractivity contribution in [3.8, 4) is 0 Å². The fourth-order valence-electron chi connectivity index (χ4n) is 5.98. The van der Waals surface area contributed by atoms with Crippen LogP contribution < -0.4 is 0 Å². The molecule has 2 aliphatic carbocycles. The molecular weight excluding hydrogens is 607 g/mol. The number of imide groups is 1. The van der Waals surface area contributed by atoms with Gasteiger partial charge in [0.15, 0.2) is 0 Å². The molecule has 3 aliphatic rings. The van der Waals surface area contributed by atoms with E-state index in [1.165, 1.54) is 18.2 Å². The van der Waals surface area contributed by atoms with Gasteiger partial charge in [0.2, 0.25) is 11.5 Å². The zero-order chi connectivity index (χ0) is 30.2. The molecular formula is C32H34BrFN2O6. The smallest absolute Gasteiger partial charge is 0.418 e. The molecule has 2 aromatic carbocycles. The molecule has 1 aliphatic heterocycles. The summed E-state index contributed by atoms with van der Waals surface area (Å²) in [5.41, 5.74) is 1.24. The van der Waals surface area contributed by atoms with Crippen molar-refractivity contribution in [3.63, 3.8) is 0 Å². The fraction of sp³-hybridized carbons (Fsp3) is 0.438. The number of ether oxygens (including phenoxy) is 2. The third-order valence-corrected chi connectivity index (χ3v) is 8.46. The maximum Gasteiger partial charge on any atom is 0.418 e. The van der Waals surface area contributed by atoms with E-state index in [0.29, 0.717) is 44.1 Å². The average Bonchev–Trinajstić information content (AvgIpc) is 3.39. The van der Waals surface area contributed by atoms with Gasteiger partial charge in [-0.15, -0.1) is 0 Å². The molecule has 0 bridgehead atoms. The first-order chi connectivity index (χ1) is 19.8. The summed E-state index contributed by atoms with van der Waals surface area (Å²) in [5, 5.41) is 0. The first kappa shape index (κ1) is 29.9. The SMILES string of the molecule is CC(C)(C)OC(=O)C=C1CCC(N(Cc2ccc(F)cc2)C(=O)CN2C(=O)O[C@@]3(CCc4cc(Br)ccc43)C2=O)CC1. The molecule has 0 aromatic heterocycles. The quantitative estimate of drug-likeness (QED) is 0.286. The molecule has 1 atom stereocenters. The second-order valence-electron chi connectivity index (χ2n) is 12.1. The molecule has 3 amide bonds. The second kappa shape index (κ2) is 11.6. The fourth-order valence-corrected chi connectivity index (χ4v) is 6.39. The van der Waals surface area contributed by atoms with Gasteiger partial charge in [0.25, 0.3) is 5.91 Å². The minimum atomic E-state index is -1.42. The number of aryl methyl sites for hydroxylation is 1. The molecule has 0 unspecified atom stereocenters. The number of halogens is 2. The molecule has 42 heavy (non-hydrogen) atoms. The number of hydrogen-bond acceptors (Lipinski definition) is 6. The Hall–Kier alpha value is -3.53. The summed E-state index contributed by atoms with van der Waals surface area (Å²) < 4.78 is 25.6. The number of allylic oxidation sites excluding steroid dienone is 1. The Labute approximate surface area is 253 Å². The van der Waals surface area contributed by atoms with E-state index in [1.807, 2.05) is 26.8 Å². The zero-order valence-electron chi connectivity index (χ0n) is 24.0. The van der Waals surface area contributed by atoms with Gasteiger partial charge in [-0.1, -0.05) is 39.7 Å². The van der Waals surface area contributed by atoms with E-state index in [-0.39, 0.29) is 18.4 Å². The topological polar surface area (TPSA) is 93.2 Å². The van der Waals surface area contributed by atoms with Crippen LogP contribution in [0.2, 0.25) is 0 Å². The lowest BCUT2D eigenvalue weighted by atomic mass is 9.89. The Morgan fingerprint density at radius 2 is 1.81 bits per heavy atom. The molecule has 2 fully saturated rings. The molecule has 0 N–H and O–H groups in total. The van der Waals surface area contributed by atoms with Gasteiger partial charge in [0.05, 0.1) is 0 Å². The van der Waals surface area contributed by atoms with Gasteiger partial charge in [-0.25, -0.2) is 18.9 Å². The van der Waals surface area contributed by atoms with Gasteiger partial charge in [0, 0.05) is 35.1 Å². The molecule has 2 aromatic rings. The van der Waals surface area contributed by atoms with Crippen LogP contribution in [0, 0.1) is 5.82 Å². The van der Waals surface area contributed by atoms with Crippen LogP contribution >= 0.6 is 15.9 Å². The summed E-state index contributed by atoms with van der Waals surface area (Å²) >= 11 is 3.44. The van der Waals surface area contributed by atoms with Crippen molar-refractivity contribution in [2.45, 2.75) is 83.1 Å². The van der Waals surface area contributed by atoms with Gasteiger partial charge >= 0.3 is 12.1 Å². The molecule has 0 radical (unpaired) electrons. The first-order valence-electron chi connectivity index (χ1n) is 14.1. The van der Waals surface area contributed by atoms with Gasteiger partial charge in [-0.2, -0.15) is 0 Å². The predicted octanol–water partition coefficient (Wildman–Crippen LogP) is 5.95. The van der Waals surface area contributed by atoms with Crippen molar-refractivity contribution in [2.75, 3.05) is 6.54 Å². The summed E-state index contributed by atoms with van der Waals surface area (Å²) in [6, 6.07) is 11.2. The Bertz CT molecular complexity index is 1440. The Morgan fingerprint density at radius 1 is 1.12 bits per heavy atom. The number of benzene rings is 2. The highest BCUT2D eigenvalue weighted by Gasteiger charge is 2.58. The normalized spacial score (nSPS) is 21.8. The Balaban J connectivity index is 1.33. The predicted molar refractivity (Wildman–Crippen MR) is 155 cm³/mol. The number of carbonyl (C=O) groups is 4. The highest BCUT2D eigenvalue weighted by molar-refractivity contribution is 9.10. The van der Waals surface area contributed by atoms with Crippen molar-refractivity contribution in [1.29, 1.82) is 0 Å². The number of fused-ring (bicyclic) bond motifs is 2. The first-order valence-corrected chi connectivity index (χ1v) is 14.9. The lowest BCUT2D eigenvalue weighted by Gasteiger charge is -2.36. The maximum atomic E-state index is 13.8. The molecule has 1 spiro atoms. The van der Waals surface area contributed by atoms with Crippen LogP contribution in [0.3, 0.4) is 0 Å². The van der Waals surface area contributed by atoms with E-state index in [1.54, 1.807) is 29.2 Å². The number of esters is 1. The van der Waals surface area contributed by atoms with E-state index in [4.69, 9.17) is 9.47 Å². The number of amides is 3. The lowest BCUT2D eigenvalue weighted by molar-refractivity contribution is -0.148. The number of rotatable bonds is 6. The van der Waals surface area contributed by atoms with Crippen LogP contribution in [0.4, 0.5) is 9.18 Å². The average molecular weight is 642 g/mol. The van der Waals surface area contributed by atoms with E-state index in [9.17, 15) is 23.6 Å². The summed E-state index contributed by atoms with van der Waals surface area (Å²) in [6.45, 7) is 5.17. The molecule has 1 saturated carbocycles. The zero-order valence-corrected chi connectivity index (χ0v) is 25.5. The Morgan fingerprint density at radius 3 is 2.48 bits per heavy atom. The maximum absolute atomic E-state index is 13.8. The number of nitrogens with zero attached hydrogens (tertiary/aromatic N) is 2. The highest BCUT2D eigenvalue weighted by atomic mass is 79.9. The largest absolute Gasteiger partial charge is 0.457 e. The third-order valence-electron chi connectivity index (χ3n) is 7.97. The summed E-state index contributed by atoms with van der Waals surface area (Å²) in [7, 11) is 0. The van der Waals surface area contributed by atoms with E-state index in [2.05, 4.69) is 15.9 Å². The second-order valence-corrected chi connectivity index (χ2v) is 13.0. The van der Waals surface area contributed by atoms with Gasteiger partial charge in [-0.3, -0.25) is 9.59 Å². The van der Waals surface area contributed by atoms with Gasteiger partial charge < -0.3 is 14.4 Å². The molecule has 10 heteroatoms. The lowest BCUT2D eigenvalue weighted by Crippen LogP contribution is -2.48. The van der Waals surface area contributed by atoms with Crippen molar-refractivity contribution < 1.29 is 33.0 Å². The van der Waals surface area contributed by atoms with Crippen LogP contribution in [-0.4, -0.2) is 51.9 Å². The van der Waals surface area contributed by atoms with Gasteiger partial charge in [-0.05, 0) is 88.3 Å². The summed E-state index contributed by atoms with van der Waals surface area (Å²) in [4.78, 5) is 55.4. The van der Waals surface area contributed by atoms with Crippen LogP contribution in [0.5, 0.6) is 0 Å². The minimum Gasteiger partial charge on any atom is -0.457 e. The molecule has 222 valence electrons. The van der Waals surface area contributed by atoms with Crippen molar-refractivity contribution in [3.05, 3.63) is 81.1 Å². The Kier molecular flexibility index (Phi) is 8.29. The molecule has 1 saturated heterocycles. The van der Waals surface area contributed by atoms with Crippen LogP contribution in [0.1, 0.15) is 69.6 Å². The van der Waals surface area contributed by atoms with Crippen molar-refractivity contribution in [2.24, 2.45) is 0 Å². The van der Waals surface area contributed by atoms with E-state index in [0.717, 1.165) is 26.1 Å². The number of carbonyl (C=O) groups excluding carboxylic acids is 4. The van der Waals surface area contributed by atoms with Crippen LogP contribution in [-0.2, 0) is 42.4 Å². The molecule has 1 heterocycles. The summed E-state index contributed by atoms with van der Waals surface area (Å²) in [6.07, 6.45) is 3.96. The standard InChI is InChI=1S/C32H34BrFN2O6/c1-31(2,3)41-28(38)16-20-6-11-25(12-7-20)35(18-21-4-9-24(34)10-5-21)27(37)19-36-29(39)32(42-30(36)40)15-14-22-17-23(33)8-13-26(22)32/h4-5,8-10,13,16-17,25H,6-7,11-12,14-15,18-19H2,1-3H3/t25?,32-/m1/s1. The van der Waals surface area contributed by atoms with Crippen LogP contribution in [0.25, 0.3) is 0 Å².